The molecular weight excluding hydrogens is 362 g/mol. The fraction of sp³-hybridized carbons (Fsp3) is 0.529. The van der Waals surface area contributed by atoms with Crippen molar-refractivity contribution in [2.45, 2.75) is 45.3 Å². The van der Waals surface area contributed by atoms with E-state index in [2.05, 4.69) is 15.9 Å². The Bertz CT molecular complexity index is 537. The molecule has 0 radical (unpaired) electrons. The van der Waals surface area contributed by atoms with Crippen molar-refractivity contribution in [2.24, 2.45) is 0 Å². The predicted octanol–water partition coefficient (Wildman–Crippen LogP) is 2.91. The number of nitrogens with zero attached hydrogens (tertiary/aromatic N) is 1. The second kappa shape index (κ2) is 8.45. The number of hydrogen-bond donors (Lipinski definition) is 0. The van der Waals surface area contributed by atoms with Crippen LogP contribution < -0.4 is 0 Å². The van der Waals surface area contributed by atoms with Gasteiger partial charge in [0.25, 0.3) is 0 Å². The van der Waals surface area contributed by atoms with E-state index >= 15 is 0 Å². The summed E-state index contributed by atoms with van der Waals surface area (Å²) in [6, 6.07) is 6.99. The van der Waals surface area contributed by atoms with E-state index in [1.807, 2.05) is 29.2 Å². The Kier molecular flexibility index (Phi) is 6.59. The van der Waals surface area contributed by atoms with E-state index in [4.69, 9.17) is 9.47 Å². The zero-order chi connectivity index (χ0) is 16.8. The minimum atomic E-state index is -0.406. The highest BCUT2D eigenvalue weighted by Gasteiger charge is 2.43. The van der Waals surface area contributed by atoms with Crippen LogP contribution in [0.5, 0.6) is 0 Å². The monoisotopic (exact) mass is 383 g/mol. The van der Waals surface area contributed by atoms with E-state index in [0.717, 1.165) is 10.0 Å². The van der Waals surface area contributed by atoms with Gasteiger partial charge in [0.1, 0.15) is 12.1 Å². The lowest BCUT2D eigenvalue weighted by Crippen LogP contribution is -2.45. The van der Waals surface area contributed by atoms with Gasteiger partial charge in [-0.05, 0) is 38.3 Å². The molecule has 1 fully saturated rings. The van der Waals surface area contributed by atoms with Gasteiger partial charge in [-0.3, -0.25) is 14.5 Å². The van der Waals surface area contributed by atoms with E-state index in [1.165, 1.54) is 0 Å². The number of esters is 2. The third-order valence-corrected chi connectivity index (χ3v) is 4.72. The molecule has 5 nitrogen and oxygen atoms in total. The Morgan fingerprint density at radius 1 is 1.09 bits per heavy atom. The molecule has 0 spiro atoms. The van der Waals surface area contributed by atoms with Gasteiger partial charge in [-0.15, -0.1) is 0 Å². The Balaban J connectivity index is 2.22. The molecule has 0 unspecified atom stereocenters. The van der Waals surface area contributed by atoms with Gasteiger partial charge in [-0.2, -0.15) is 0 Å². The molecule has 0 aliphatic carbocycles. The second-order valence-corrected chi connectivity index (χ2v) is 6.23. The Labute approximate surface area is 145 Å². The van der Waals surface area contributed by atoms with E-state index in [-0.39, 0.29) is 11.9 Å². The zero-order valence-corrected chi connectivity index (χ0v) is 15.0. The van der Waals surface area contributed by atoms with Crippen LogP contribution in [0.4, 0.5) is 0 Å². The van der Waals surface area contributed by atoms with Crippen LogP contribution in [0.2, 0.25) is 0 Å². The SMILES string of the molecule is CCOC(=O)[C@H]1CC[C@@H](C(=O)OCC)N1Cc1ccccc1Br. The lowest BCUT2D eigenvalue weighted by molar-refractivity contribution is -0.153. The highest BCUT2D eigenvalue weighted by atomic mass is 79.9. The predicted molar refractivity (Wildman–Crippen MR) is 89.8 cm³/mol. The van der Waals surface area contributed by atoms with Crippen molar-refractivity contribution in [3.63, 3.8) is 0 Å². The van der Waals surface area contributed by atoms with Crippen LogP contribution in [-0.4, -0.2) is 42.1 Å². The maximum Gasteiger partial charge on any atom is 0.323 e. The molecule has 2 rings (SSSR count). The van der Waals surface area contributed by atoms with Crippen LogP contribution >= 0.6 is 15.9 Å². The van der Waals surface area contributed by atoms with Crippen LogP contribution in [0.1, 0.15) is 32.3 Å². The summed E-state index contributed by atoms with van der Waals surface area (Å²) in [5, 5.41) is 0. The number of carbonyl (C=O) groups is 2. The van der Waals surface area contributed by atoms with E-state index in [9.17, 15) is 9.59 Å². The van der Waals surface area contributed by atoms with Crippen molar-refractivity contribution in [2.75, 3.05) is 13.2 Å². The molecule has 1 heterocycles. The molecule has 1 aliphatic heterocycles. The lowest BCUT2D eigenvalue weighted by atomic mass is 10.2. The van der Waals surface area contributed by atoms with Crippen LogP contribution in [0, 0.1) is 0 Å². The first-order chi connectivity index (χ1) is 11.1. The maximum absolute atomic E-state index is 12.2. The van der Waals surface area contributed by atoms with Crippen molar-refractivity contribution in [1.29, 1.82) is 0 Å². The molecule has 1 aromatic carbocycles. The quantitative estimate of drug-likeness (QED) is 0.706. The van der Waals surface area contributed by atoms with Crippen LogP contribution in [0.15, 0.2) is 28.7 Å². The number of benzene rings is 1. The molecule has 2 atom stereocenters. The van der Waals surface area contributed by atoms with Crippen molar-refractivity contribution in [3.05, 3.63) is 34.3 Å². The molecule has 6 heteroatoms. The number of ether oxygens (including phenoxy) is 2. The number of carbonyl (C=O) groups excluding carboxylic acids is 2. The number of rotatable bonds is 6. The maximum atomic E-state index is 12.2. The summed E-state index contributed by atoms with van der Waals surface area (Å²) >= 11 is 3.52. The molecule has 1 saturated heterocycles. The molecule has 0 aromatic heterocycles. The first-order valence-corrected chi connectivity index (χ1v) is 8.70. The molecule has 0 bridgehead atoms. The van der Waals surface area contributed by atoms with Gasteiger partial charge in [-0.1, -0.05) is 34.1 Å². The fourth-order valence-electron chi connectivity index (χ4n) is 2.89. The third-order valence-electron chi connectivity index (χ3n) is 3.94. The Hall–Kier alpha value is -1.40. The second-order valence-electron chi connectivity index (χ2n) is 5.38. The molecule has 0 N–H and O–H groups in total. The normalized spacial score (nSPS) is 21.2. The van der Waals surface area contributed by atoms with Gasteiger partial charge in [-0.25, -0.2) is 0 Å². The van der Waals surface area contributed by atoms with Crippen molar-refractivity contribution < 1.29 is 19.1 Å². The van der Waals surface area contributed by atoms with Gasteiger partial charge in [0, 0.05) is 11.0 Å². The number of hydrogen-bond acceptors (Lipinski definition) is 5. The highest BCUT2D eigenvalue weighted by molar-refractivity contribution is 9.10. The van der Waals surface area contributed by atoms with Crippen LogP contribution in [0.25, 0.3) is 0 Å². The molecule has 23 heavy (non-hydrogen) atoms. The molecule has 1 aliphatic rings. The standard InChI is InChI=1S/C17H22BrNO4/c1-3-22-16(20)14-9-10-15(17(21)23-4-2)19(14)11-12-7-5-6-8-13(12)18/h5-8,14-15H,3-4,9-11H2,1-2H3/t14-,15+. The van der Waals surface area contributed by atoms with Crippen molar-refractivity contribution in [1.82, 2.24) is 4.90 Å². The summed E-state index contributed by atoms with van der Waals surface area (Å²) in [5.74, 6) is -0.544. The number of halogens is 1. The van der Waals surface area contributed by atoms with Gasteiger partial charge < -0.3 is 9.47 Å². The molecule has 0 amide bonds. The lowest BCUT2D eigenvalue weighted by Gasteiger charge is -2.28. The van der Waals surface area contributed by atoms with E-state index < -0.39 is 12.1 Å². The average Bonchev–Trinajstić information content (AvgIpc) is 2.94. The smallest absolute Gasteiger partial charge is 0.323 e. The minimum absolute atomic E-state index is 0.272. The fourth-order valence-corrected chi connectivity index (χ4v) is 3.30. The number of likely N-dealkylation sites (tertiary alicyclic amines) is 1. The molecule has 1 aromatic rings. The Morgan fingerprint density at radius 2 is 1.61 bits per heavy atom. The van der Waals surface area contributed by atoms with Crippen molar-refractivity contribution >= 4 is 27.9 Å². The van der Waals surface area contributed by atoms with Crippen LogP contribution in [0.3, 0.4) is 0 Å². The summed E-state index contributed by atoms with van der Waals surface area (Å²) in [6.07, 6.45) is 1.21. The summed E-state index contributed by atoms with van der Waals surface area (Å²) in [4.78, 5) is 26.4. The largest absolute Gasteiger partial charge is 0.465 e. The third kappa shape index (κ3) is 4.32. The molecule has 126 valence electrons. The van der Waals surface area contributed by atoms with Gasteiger partial charge in [0.15, 0.2) is 0 Å². The highest BCUT2D eigenvalue weighted by Crippen LogP contribution is 2.30. The zero-order valence-electron chi connectivity index (χ0n) is 13.5. The first kappa shape index (κ1) is 17.9. The van der Waals surface area contributed by atoms with Gasteiger partial charge in [0.05, 0.1) is 13.2 Å². The summed E-state index contributed by atoms with van der Waals surface area (Å²) < 4.78 is 11.3. The van der Waals surface area contributed by atoms with Gasteiger partial charge in [0.2, 0.25) is 0 Å². The summed E-state index contributed by atoms with van der Waals surface area (Å²) in [5.41, 5.74) is 1.03. The summed E-state index contributed by atoms with van der Waals surface area (Å²) in [7, 11) is 0. The molecule has 0 saturated carbocycles. The van der Waals surface area contributed by atoms with E-state index in [1.54, 1.807) is 13.8 Å². The van der Waals surface area contributed by atoms with Crippen LogP contribution in [-0.2, 0) is 25.6 Å². The molecular formula is C17H22BrNO4. The van der Waals surface area contributed by atoms with Gasteiger partial charge >= 0.3 is 11.9 Å². The Morgan fingerprint density at radius 3 is 2.09 bits per heavy atom. The van der Waals surface area contributed by atoms with E-state index in [0.29, 0.717) is 32.6 Å². The average molecular weight is 384 g/mol. The van der Waals surface area contributed by atoms with Crippen molar-refractivity contribution in [3.8, 4) is 0 Å². The topological polar surface area (TPSA) is 55.8 Å². The summed E-state index contributed by atoms with van der Waals surface area (Å²) in [6.45, 7) is 4.74. The minimum Gasteiger partial charge on any atom is -0.465 e. The first-order valence-electron chi connectivity index (χ1n) is 7.90.